The van der Waals surface area contributed by atoms with Crippen LogP contribution in [-0.4, -0.2) is 37.4 Å². The molecule has 0 fully saturated rings. The van der Waals surface area contributed by atoms with Crippen molar-refractivity contribution in [2.75, 3.05) is 31.7 Å². The number of nitrogens with one attached hydrogen (secondary N) is 1. The second-order valence-corrected chi connectivity index (χ2v) is 4.78. The lowest BCUT2D eigenvalue weighted by Crippen LogP contribution is -2.28. The van der Waals surface area contributed by atoms with Gasteiger partial charge in [-0.15, -0.1) is 0 Å². The fourth-order valence-corrected chi connectivity index (χ4v) is 1.77. The van der Waals surface area contributed by atoms with Gasteiger partial charge in [-0.1, -0.05) is 0 Å². The summed E-state index contributed by atoms with van der Waals surface area (Å²) in [6, 6.07) is 3.09. The number of likely N-dealkylation sites (N-methyl/N-ethyl adjacent to an activating group) is 1. The number of hydrogen-bond acceptors (Lipinski definition) is 4. The van der Waals surface area contributed by atoms with Gasteiger partial charge in [0, 0.05) is 29.9 Å². The lowest BCUT2D eigenvalue weighted by Gasteiger charge is -2.14. The van der Waals surface area contributed by atoms with Gasteiger partial charge in [0.2, 0.25) is 5.91 Å². The number of carbonyl (C=O) groups is 2. The molecule has 0 bridgehead atoms. The number of nitrogens with zero attached hydrogens (tertiary/aromatic N) is 1. The van der Waals surface area contributed by atoms with Crippen molar-refractivity contribution in [2.45, 2.75) is 0 Å². The number of hydrogen-bond donors (Lipinski definition) is 3. The van der Waals surface area contributed by atoms with Crippen molar-refractivity contribution in [3.63, 3.8) is 0 Å². The Morgan fingerprint density at radius 3 is 2.50 bits per heavy atom. The van der Waals surface area contributed by atoms with E-state index in [-0.39, 0.29) is 18.0 Å². The van der Waals surface area contributed by atoms with E-state index >= 15 is 0 Å². The van der Waals surface area contributed by atoms with Crippen LogP contribution in [0.2, 0.25) is 0 Å². The minimum atomic E-state index is -0.609. The fraction of sp³-hybridized carbons (Fsp3) is 0.273. The Labute approximate surface area is 113 Å². The van der Waals surface area contributed by atoms with E-state index in [9.17, 15) is 9.59 Å². The number of carbonyl (C=O) groups excluding carboxylic acids is 2. The molecule has 1 aromatic carbocycles. The van der Waals surface area contributed by atoms with E-state index in [0.29, 0.717) is 15.8 Å². The third kappa shape index (κ3) is 3.36. The Hall–Kier alpha value is -1.76. The van der Waals surface area contributed by atoms with Crippen molar-refractivity contribution in [3.8, 4) is 0 Å². The smallest absolute Gasteiger partial charge is 0.250 e. The van der Waals surface area contributed by atoms with Gasteiger partial charge in [-0.05, 0) is 28.1 Å². The maximum atomic E-state index is 11.4. The molecule has 0 atom stereocenters. The maximum Gasteiger partial charge on any atom is 0.250 e. The Balaban J connectivity index is 2.92. The highest BCUT2D eigenvalue weighted by Crippen LogP contribution is 2.27. The molecule has 7 heteroatoms. The lowest BCUT2D eigenvalue weighted by atomic mass is 10.1. The predicted octanol–water partition coefficient (Wildman–Crippen LogP) is 0.630. The van der Waals surface area contributed by atoms with Crippen LogP contribution in [0.5, 0.6) is 0 Å². The molecule has 0 saturated carbocycles. The molecule has 5 N–H and O–H groups in total. The van der Waals surface area contributed by atoms with Crippen molar-refractivity contribution in [1.29, 1.82) is 0 Å². The Morgan fingerprint density at radius 2 is 2.00 bits per heavy atom. The molecule has 98 valence electrons. The first-order valence-electron chi connectivity index (χ1n) is 5.15. The summed E-state index contributed by atoms with van der Waals surface area (Å²) >= 11 is 3.30. The molecule has 0 saturated heterocycles. The molecule has 0 radical (unpaired) electrons. The largest absolute Gasteiger partial charge is 0.398 e. The van der Waals surface area contributed by atoms with Gasteiger partial charge in [0.05, 0.1) is 12.1 Å². The molecule has 0 heterocycles. The van der Waals surface area contributed by atoms with Crippen LogP contribution in [0.3, 0.4) is 0 Å². The van der Waals surface area contributed by atoms with Crippen molar-refractivity contribution in [3.05, 3.63) is 22.2 Å². The van der Waals surface area contributed by atoms with Gasteiger partial charge in [-0.25, -0.2) is 0 Å². The van der Waals surface area contributed by atoms with Gasteiger partial charge in [-0.3, -0.25) is 9.59 Å². The Morgan fingerprint density at radius 1 is 1.39 bits per heavy atom. The van der Waals surface area contributed by atoms with Crippen molar-refractivity contribution in [2.24, 2.45) is 5.73 Å². The monoisotopic (exact) mass is 314 g/mol. The third-order valence-corrected chi connectivity index (χ3v) is 2.99. The molecule has 1 rings (SSSR count). The average Bonchev–Trinajstić information content (AvgIpc) is 2.26. The fourth-order valence-electron chi connectivity index (χ4n) is 1.27. The van der Waals surface area contributed by atoms with Crippen LogP contribution in [0.25, 0.3) is 0 Å². The number of halogens is 1. The predicted molar refractivity (Wildman–Crippen MR) is 74.3 cm³/mol. The zero-order valence-corrected chi connectivity index (χ0v) is 11.7. The molecule has 0 aliphatic heterocycles. The van der Waals surface area contributed by atoms with Crippen molar-refractivity contribution in [1.82, 2.24) is 4.90 Å². The van der Waals surface area contributed by atoms with Gasteiger partial charge >= 0.3 is 0 Å². The SMILES string of the molecule is CN(C)C(=O)CNc1cc(C(N)=O)c(N)cc1Br. The number of nitrogens with two attached hydrogens (primary N) is 2. The van der Waals surface area contributed by atoms with Crippen LogP contribution in [-0.2, 0) is 4.79 Å². The van der Waals surface area contributed by atoms with E-state index in [1.165, 1.54) is 11.0 Å². The van der Waals surface area contributed by atoms with E-state index < -0.39 is 5.91 Å². The summed E-state index contributed by atoms with van der Waals surface area (Å²) in [7, 11) is 3.33. The molecular weight excluding hydrogens is 300 g/mol. The maximum absolute atomic E-state index is 11.4. The standard InChI is InChI=1S/C11H15BrN4O2/c1-16(2)10(17)5-15-9-3-6(11(14)18)8(13)4-7(9)12/h3-4,15H,5,13H2,1-2H3,(H2,14,18). The van der Waals surface area contributed by atoms with E-state index in [1.807, 2.05) is 0 Å². The van der Waals surface area contributed by atoms with Gasteiger partial charge in [0.25, 0.3) is 5.91 Å². The van der Waals surface area contributed by atoms with Crippen molar-refractivity contribution >= 4 is 39.1 Å². The minimum Gasteiger partial charge on any atom is -0.398 e. The van der Waals surface area contributed by atoms with Crippen LogP contribution in [0, 0.1) is 0 Å². The highest BCUT2D eigenvalue weighted by atomic mass is 79.9. The first-order valence-corrected chi connectivity index (χ1v) is 5.95. The van der Waals surface area contributed by atoms with Gasteiger partial charge in [-0.2, -0.15) is 0 Å². The summed E-state index contributed by atoms with van der Waals surface area (Å²) in [5.74, 6) is -0.693. The molecule has 0 aliphatic carbocycles. The molecule has 6 nitrogen and oxygen atoms in total. The summed E-state index contributed by atoms with van der Waals surface area (Å²) in [5, 5.41) is 2.92. The van der Waals surface area contributed by atoms with Crippen LogP contribution in [0.1, 0.15) is 10.4 Å². The topological polar surface area (TPSA) is 101 Å². The second-order valence-electron chi connectivity index (χ2n) is 3.93. The molecular formula is C11H15BrN4O2. The second kappa shape index (κ2) is 5.72. The lowest BCUT2D eigenvalue weighted by molar-refractivity contribution is -0.126. The van der Waals surface area contributed by atoms with Crippen LogP contribution in [0.4, 0.5) is 11.4 Å². The molecule has 18 heavy (non-hydrogen) atoms. The molecule has 0 aliphatic rings. The molecule has 0 spiro atoms. The van der Waals surface area contributed by atoms with E-state index in [2.05, 4.69) is 21.2 Å². The summed E-state index contributed by atoms with van der Waals surface area (Å²) in [6.07, 6.45) is 0. The molecule has 0 aromatic heterocycles. The Bertz CT molecular complexity index is 488. The van der Waals surface area contributed by atoms with Crippen LogP contribution in [0.15, 0.2) is 16.6 Å². The van der Waals surface area contributed by atoms with Crippen LogP contribution >= 0.6 is 15.9 Å². The molecule has 0 unspecified atom stereocenters. The van der Waals surface area contributed by atoms with E-state index in [1.54, 1.807) is 20.2 Å². The summed E-state index contributed by atoms with van der Waals surface area (Å²) < 4.78 is 0.663. The van der Waals surface area contributed by atoms with E-state index in [4.69, 9.17) is 11.5 Å². The minimum absolute atomic E-state index is 0.0839. The number of amides is 2. The number of nitrogen functional groups attached to an aromatic ring is 1. The average molecular weight is 315 g/mol. The van der Waals surface area contributed by atoms with Gasteiger partial charge < -0.3 is 21.7 Å². The normalized spacial score (nSPS) is 9.94. The van der Waals surface area contributed by atoms with Crippen molar-refractivity contribution < 1.29 is 9.59 Å². The first kappa shape index (κ1) is 14.3. The number of primary amides is 1. The zero-order chi connectivity index (χ0) is 13.9. The summed E-state index contributed by atoms with van der Waals surface area (Å²) in [5.41, 5.74) is 12.0. The summed E-state index contributed by atoms with van der Waals surface area (Å²) in [6.45, 7) is 0.119. The molecule has 1 aromatic rings. The highest BCUT2D eigenvalue weighted by Gasteiger charge is 2.11. The van der Waals surface area contributed by atoms with Gasteiger partial charge in [0.1, 0.15) is 0 Å². The number of rotatable bonds is 4. The van der Waals surface area contributed by atoms with Gasteiger partial charge in [0.15, 0.2) is 0 Å². The van der Waals surface area contributed by atoms with E-state index in [0.717, 1.165) is 0 Å². The highest BCUT2D eigenvalue weighted by molar-refractivity contribution is 9.10. The first-order chi connectivity index (χ1) is 8.32. The zero-order valence-electron chi connectivity index (χ0n) is 10.2. The molecule has 2 amide bonds. The quantitative estimate of drug-likeness (QED) is 0.709. The number of anilines is 2. The summed E-state index contributed by atoms with van der Waals surface area (Å²) in [4.78, 5) is 24.1. The van der Waals surface area contributed by atoms with Crippen LogP contribution < -0.4 is 16.8 Å². The number of benzene rings is 1. The Kier molecular flexibility index (Phi) is 4.55. The third-order valence-electron chi connectivity index (χ3n) is 2.33.